The molecule has 0 unspecified atom stereocenters. The first-order valence-electron chi connectivity index (χ1n) is 11.1. The maximum absolute atomic E-state index is 13.2. The highest BCUT2D eigenvalue weighted by atomic mass is 16.5. The second kappa shape index (κ2) is 11.3. The van der Waals surface area contributed by atoms with E-state index < -0.39 is 0 Å². The summed E-state index contributed by atoms with van der Waals surface area (Å²) < 4.78 is 4.98. The molecule has 3 rings (SSSR count). The van der Waals surface area contributed by atoms with Crippen LogP contribution in [0.1, 0.15) is 50.5 Å². The number of ether oxygens (including phenoxy) is 1. The van der Waals surface area contributed by atoms with Crippen molar-refractivity contribution in [3.8, 4) is 0 Å². The van der Waals surface area contributed by atoms with Gasteiger partial charge in [0.1, 0.15) is 0 Å². The number of aromatic amines is 1. The molecule has 7 heteroatoms. The third-order valence-corrected chi connectivity index (χ3v) is 5.52. The van der Waals surface area contributed by atoms with Crippen LogP contribution < -0.4 is 10.2 Å². The Bertz CT molecular complexity index is 1030. The van der Waals surface area contributed by atoms with E-state index in [0.717, 1.165) is 47.1 Å². The summed E-state index contributed by atoms with van der Waals surface area (Å²) in [7, 11) is 3.99. The van der Waals surface area contributed by atoms with E-state index >= 15 is 0 Å². The number of carbonyl (C=O) groups excluding carboxylic acids is 2. The molecule has 0 aliphatic rings. The second-order valence-corrected chi connectivity index (χ2v) is 8.10. The van der Waals surface area contributed by atoms with E-state index in [2.05, 4.69) is 15.5 Å². The molecule has 0 saturated carbocycles. The fourth-order valence-electron chi connectivity index (χ4n) is 3.73. The number of hydrogen-bond acceptors (Lipinski definition) is 5. The minimum atomic E-state index is -0.272. The second-order valence-electron chi connectivity index (χ2n) is 8.10. The van der Waals surface area contributed by atoms with Gasteiger partial charge in [0, 0.05) is 37.3 Å². The quantitative estimate of drug-likeness (QED) is 0.331. The zero-order valence-electron chi connectivity index (χ0n) is 19.1. The molecule has 1 amide bonds. The lowest BCUT2D eigenvalue weighted by atomic mass is 9.91. The van der Waals surface area contributed by atoms with Gasteiger partial charge in [-0.15, -0.1) is 0 Å². The fraction of sp³-hybridized carbons (Fsp3) is 0.400. The number of anilines is 2. The number of nitrogens with one attached hydrogen (secondary N) is 2. The number of hydrogen-bond donors (Lipinski definition) is 2. The fourth-order valence-corrected chi connectivity index (χ4v) is 3.73. The molecule has 0 fully saturated rings. The van der Waals surface area contributed by atoms with Gasteiger partial charge in [-0.05, 0) is 55.7 Å². The van der Waals surface area contributed by atoms with Crippen molar-refractivity contribution in [3.63, 3.8) is 0 Å². The van der Waals surface area contributed by atoms with Gasteiger partial charge in [-0.3, -0.25) is 14.7 Å². The topological polar surface area (TPSA) is 87.3 Å². The van der Waals surface area contributed by atoms with Gasteiger partial charge in [-0.25, -0.2) is 0 Å². The Morgan fingerprint density at radius 1 is 1.09 bits per heavy atom. The lowest BCUT2D eigenvalue weighted by Crippen LogP contribution is -2.21. The average molecular weight is 437 g/mol. The standard InChI is InChI=1S/C25H32N4O3/c1-4-32-24(30)9-7-5-6-8-22(18-11-14-21(15-12-18)29(2)3)25(31)27-20-13-10-19-17-26-28-23(19)16-20/h10-17,22H,4-9H2,1-3H3,(H,26,28)(H,27,31)/t22-/m0/s1. The SMILES string of the molecule is CCOC(=O)CCCCC[C@H](C(=O)Nc1ccc2cn[nH]c2c1)c1ccc(N(C)C)cc1. The molecule has 1 heterocycles. The zero-order chi connectivity index (χ0) is 22.9. The lowest BCUT2D eigenvalue weighted by molar-refractivity contribution is -0.143. The van der Waals surface area contributed by atoms with Gasteiger partial charge in [0.05, 0.1) is 24.2 Å². The molecule has 0 bridgehead atoms. The summed E-state index contributed by atoms with van der Waals surface area (Å²) in [6.07, 6.45) is 5.38. The van der Waals surface area contributed by atoms with Crippen molar-refractivity contribution < 1.29 is 14.3 Å². The van der Waals surface area contributed by atoms with Crippen LogP contribution in [0, 0.1) is 0 Å². The van der Waals surface area contributed by atoms with E-state index in [9.17, 15) is 9.59 Å². The summed E-state index contributed by atoms with van der Waals surface area (Å²) in [5.41, 5.74) is 3.70. The van der Waals surface area contributed by atoms with Crippen LogP contribution in [0.15, 0.2) is 48.7 Å². The normalized spacial score (nSPS) is 11.8. The number of aromatic nitrogens is 2. The van der Waals surface area contributed by atoms with Crippen LogP contribution in [0.4, 0.5) is 11.4 Å². The minimum Gasteiger partial charge on any atom is -0.466 e. The first-order chi connectivity index (χ1) is 15.5. The summed E-state index contributed by atoms with van der Waals surface area (Å²) in [5.74, 6) is -0.464. The van der Waals surface area contributed by atoms with Gasteiger partial charge in [-0.2, -0.15) is 5.10 Å². The summed E-state index contributed by atoms with van der Waals surface area (Å²) in [5, 5.41) is 11.0. The highest BCUT2D eigenvalue weighted by Crippen LogP contribution is 2.27. The maximum atomic E-state index is 13.2. The van der Waals surface area contributed by atoms with Crippen molar-refractivity contribution in [2.45, 2.75) is 44.9 Å². The predicted octanol–water partition coefficient (Wildman–Crippen LogP) is 4.86. The molecule has 1 atom stereocenters. The monoisotopic (exact) mass is 436 g/mol. The minimum absolute atomic E-state index is 0.0353. The van der Waals surface area contributed by atoms with Crippen molar-refractivity contribution in [1.29, 1.82) is 0 Å². The maximum Gasteiger partial charge on any atom is 0.305 e. The Morgan fingerprint density at radius 2 is 1.88 bits per heavy atom. The van der Waals surface area contributed by atoms with Crippen LogP contribution in [0.5, 0.6) is 0 Å². The van der Waals surface area contributed by atoms with Gasteiger partial charge < -0.3 is 15.0 Å². The van der Waals surface area contributed by atoms with Gasteiger partial charge in [0.2, 0.25) is 5.91 Å². The number of esters is 1. The van der Waals surface area contributed by atoms with Crippen molar-refractivity contribution in [3.05, 3.63) is 54.2 Å². The van der Waals surface area contributed by atoms with Crippen molar-refractivity contribution in [2.24, 2.45) is 0 Å². The average Bonchev–Trinajstić information content (AvgIpc) is 3.24. The molecule has 32 heavy (non-hydrogen) atoms. The highest BCUT2D eigenvalue weighted by molar-refractivity contribution is 5.97. The number of benzene rings is 2. The number of rotatable bonds is 11. The number of amides is 1. The van der Waals surface area contributed by atoms with Crippen molar-refractivity contribution in [1.82, 2.24) is 10.2 Å². The smallest absolute Gasteiger partial charge is 0.305 e. The largest absolute Gasteiger partial charge is 0.466 e. The molecule has 0 aliphatic heterocycles. The van der Waals surface area contributed by atoms with Gasteiger partial charge >= 0.3 is 5.97 Å². The molecule has 3 aromatic rings. The van der Waals surface area contributed by atoms with E-state index in [4.69, 9.17) is 4.74 Å². The molecule has 170 valence electrons. The molecule has 1 aromatic heterocycles. The van der Waals surface area contributed by atoms with Crippen LogP contribution in [-0.2, 0) is 14.3 Å². The number of fused-ring (bicyclic) bond motifs is 1. The van der Waals surface area contributed by atoms with Gasteiger partial charge in [-0.1, -0.05) is 25.0 Å². The number of unbranched alkanes of at least 4 members (excludes halogenated alkanes) is 2. The molecule has 0 radical (unpaired) electrons. The molecule has 0 saturated heterocycles. The number of carbonyl (C=O) groups is 2. The summed E-state index contributed by atoms with van der Waals surface area (Å²) in [6, 6.07) is 13.8. The van der Waals surface area contributed by atoms with Crippen LogP contribution >= 0.6 is 0 Å². The zero-order valence-corrected chi connectivity index (χ0v) is 19.1. The van der Waals surface area contributed by atoms with Gasteiger partial charge in [0.25, 0.3) is 0 Å². The van der Waals surface area contributed by atoms with Gasteiger partial charge in [0.15, 0.2) is 0 Å². The summed E-state index contributed by atoms with van der Waals surface area (Å²) >= 11 is 0. The molecular formula is C25H32N4O3. The first kappa shape index (κ1) is 23.3. The van der Waals surface area contributed by atoms with Crippen LogP contribution in [0.2, 0.25) is 0 Å². The van der Waals surface area contributed by atoms with E-state index in [1.54, 1.807) is 6.20 Å². The molecule has 0 spiro atoms. The summed E-state index contributed by atoms with van der Waals surface area (Å²) in [4.78, 5) is 26.8. The highest BCUT2D eigenvalue weighted by Gasteiger charge is 2.21. The third kappa shape index (κ3) is 6.33. The van der Waals surface area contributed by atoms with E-state index in [1.807, 2.05) is 68.4 Å². The van der Waals surface area contributed by atoms with Crippen molar-refractivity contribution in [2.75, 3.05) is 30.9 Å². The molecule has 2 aromatic carbocycles. The third-order valence-electron chi connectivity index (χ3n) is 5.52. The molecule has 2 N–H and O–H groups in total. The Hall–Kier alpha value is -3.35. The predicted molar refractivity (Wildman–Crippen MR) is 128 cm³/mol. The Labute approximate surface area is 189 Å². The van der Waals surface area contributed by atoms with Crippen molar-refractivity contribution >= 4 is 34.2 Å². The molecular weight excluding hydrogens is 404 g/mol. The van der Waals surface area contributed by atoms with E-state index in [0.29, 0.717) is 19.4 Å². The van der Waals surface area contributed by atoms with Crippen LogP contribution in [-0.4, -0.2) is 42.8 Å². The lowest BCUT2D eigenvalue weighted by Gasteiger charge is -2.19. The Morgan fingerprint density at radius 3 is 2.59 bits per heavy atom. The van der Waals surface area contributed by atoms with Crippen LogP contribution in [0.25, 0.3) is 10.9 Å². The molecule has 7 nitrogen and oxygen atoms in total. The number of H-pyrrole nitrogens is 1. The Kier molecular flexibility index (Phi) is 8.25. The van der Waals surface area contributed by atoms with E-state index in [1.165, 1.54) is 0 Å². The van der Waals surface area contributed by atoms with Crippen LogP contribution in [0.3, 0.4) is 0 Å². The number of nitrogens with zero attached hydrogens (tertiary/aromatic N) is 2. The Balaban J connectivity index is 1.67. The first-order valence-corrected chi connectivity index (χ1v) is 11.1. The molecule has 0 aliphatic carbocycles. The van der Waals surface area contributed by atoms with E-state index in [-0.39, 0.29) is 17.8 Å². The summed E-state index contributed by atoms with van der Waals surface area (Å²) in [6.45, 7) is 2.22.